The highest BCUT2D eigenvalue weighted by Crippen LogP contribution is 1.95. The number of carboxylic acids is 1. The Labute approximate surface area is 90.5 Å². The first-order valence-corrected chi connectivity index (χ1v) is 5.05. The molecule has 0 saturated heterocycles. The van der Waals surface area contributed by atoms with E-state index in [-0.39, 0.29) is 6.42 Å². The van der Waals surface area contributed by atoms with E-state index < -0.39 is 12.1 Å². The summed E-state index contributed by atoms with van der Waals surface area (Å²) in [5.74, 6) is 9.70. The van der Waals surface area contributed by atoms with Crippen molar-refractivity contribution in [2.45, 2.75) is 45.1 Å². The van der Waals surface area contributed by atoms with E-state index in [9.17, 15) is 4.79 Å². The summed E-state index contributed by atoms with van der Waals surface area (Å²) in [6, 6.07) is 0. The Morgan fingerprint density at radius 2 is 1.87 bits per heavy atom. The molecule has 3 heteroatoms. The van der Waals surface area contributed by atoms with Crippen molar-refractivity contribution in [2.24, 2.45) is 0 Å². The minimum atomic E-state index is -1.31. The monoisotopic (exact) mass is 208 g/mol. The van der Waals surface area contributed by atoms with Crippen LogP contribution >= 0.6 is 0 Å². The fourth-order valence-corrected chi connectivity index (χ4v) is 0.811. The third kappa shape index (κ3) is 8.87. The molecule has 0 rings (SSSR count). The smallest absolute Gasteiger partial charge is 0.332 e. The lowest BCUT2D eigenvalue weighted by molar-refractivity contribution is -0.146. The van der Waals surface area contributed by atoms with Gasteiger partial charge in [0.05, 0.1) is 0 Å². The molecule has 3 nitrogen and oxygen atoms in total. The molecule has 0 aliphatic heterocycles. The summed E-state index contributed by atoms with van der Waals surface area (Å²) in [6.07, 6.45) is 2.24. The number of unbranched alkanes of at least 4 members (excludes halogenated alkanes) is 2. The van der Waals surface area contributed by atoms with Gasteiger partial charge in [0.2, 0.25) is 0 Å². The first kappa shape index (κ1) is 13.5. The van der Waals surface area contributed by atoms with Crippen LogP contribution in [0, 0.1) is 23.7 Å². The molecule has 0 saturated carbocycles. The Bertz CT molecular complexity index is 298. The second kappa shape index (κ2) is 9.12. The van der Waals surface area contributed by atoms with Gasteiger partial charge in [0.1, 0.15) is 0 Å². The summed E-state index contributed by atoms with van der Waals surface area (Å²) in [6.45, 7) is 2.10. The molecule has 0 spiro atoms. The Kier molecular flexibility index (Phi) is 8.24. The number of rotatable bonds is 5. The Hall–Kier alpha value is -1.45. The van der Waals surface area contributed by atoms with Gasteiger partial charge < -0.3 is 10.2 Å². The van der Waals surface area contributed by atoms with E-state index in [0.717, 1.165) is 19.3 Å². The molecule has 15 heavy (non-hydrogen) atoms. The van der Waals surface area contributed by atoms with Crippen LogP contribution in [0.5, 0.6) is 0 Å². The molecule has 0 fully saturated rings. The Morgan fingerprint density at radius 3 is 2.40 bits per heavy atom. The van der Waals surface area contributed by atoms with E-state index >= 15 is 0 Å². The molecular formula is C12H16O3. The highest BCUT2D eigenvalue weighted by atomic mass is 16.4. The molecule has 82 valence electrons. The SMILES string of the molecule is CCCCC#CC#CCCC(O)C(=O)O. The van der Waals surface area contributed by atoms with Crippen molar-refractivity contribution < 1.29 is 15.0 Å². The standard InChI is InChI=1S/C12H16O3/c1-2-3-4-5-6-7-8-9-10-11(13)12(14)15/h11,13H,2-4,9-10H2,1H3,(H,14,15). The minimum absolute atomic E-state index is 0.152. The Balaban J connectivity index is 3.61. The maximum Gasteiger partial charge on any atom is 0.332 e. The first-order chi connectivity index (χ1) is 7.18. The molecule has 0 aromatic heterocycles. The van der Waals surface area contributed by atoms with Crippen LogP contribution in [-0.4, -0.2) is 22.3 Å². The molecule has 0 aromatic rings. The topological polar surface area (TPSA) is 57.5 Å². The van der Waals surface area contributed by atoms with Gasteiger partial charge in [0.15, 0.2) is 6.10 Å². The van der Waals surface area contributed by atoms with Crippen molar-refractivity contribution in [3.8, 4) is 23.7 Å². The molecule has 2 N–H and O–H groups in total. The van der Waals surface area contributed by atoms with Crippen LogP contribution in [0.4, 0.5) is 0 Å². The van der Waals surface area contributed by atoms with Gasteiger partial charge in [0.25, 0.3) is 0 Å². The third-order valence-corrected chi connectivity index (χ3v) is 1.72. The third-order valence-electron chi connectivity index (χ3n) is 1.72. The van der Waals surface area contributed by atoms with Crippen molar-refractivity contribution in [2.75, 3.05) is 0 Å². The van der Waals surface area contributed by atoms with E-state index in [0.29, 0.717) is 6.42 Å². The van der Waals surface area contributed by atoms with E-state index in [1.165, 1.54) is 0 Å². The van der Waals surface area contributed by atoms with Gasteiger partial charge in [-0.2, -0.15) is 0 Å². The molecule has 0 aliphatic carbocycles. The van der Waals surface area contributed by atoms with Crippen molar-refractivity contribution in [1.82, 2.24) is 0 Å². The molecule has 0 aliphatic rings. The number of hydrogen-bond acceptors (Lipinski definition) is 2. The second-order valence-electron chi connectivity index (χ2n) is 3.10. The maximum absolute atomic E-state index is 10.2. The summed E-state index contributed by atoms with van der Waals surface area (Å²) in [7, 11) is 0. The predicted molar refractivity (Wildman–Crippen MR) is 58.0 cm³/mol. The second-order valence-corrected chi connectivity index (χ2v) is 3.10. The van der Waals surface area contributed by atoms with Gasteiger partial charge in [-0.05, 0) is 24.7 Å². The quantitative estimate of drug-likeness (QED) is 0.530. The number of carbonyl (C=O) groups is 1. The van der Waals surface area contributed by atoms with Crippen LogP contribution in [0.25, 0.3) is 0 Å². The zero-order valence-corrected chi connectivity index (χ0v) is 8.92. The lowest BCUT2D eigenvalue weighted by atomic mass is 10.2. The van der Waals surface area contributed by atoms with E-state index in [2.05, 4.69) is 30.6 Å². The van der Waals surface area contributed by atoms with Crippen molar-refractivity contribution in [3.05, 3.63) is 0 Å². The van der Waals surface area contributed by atoms with Crippen LogP contribution in [0.3, 0.4) is 0 Å². The largest absolute Gasteiger partial charge is 0.479 e. The van der Waals surface area contributed by atoms with Crippen LogP contribution in [0.2, 0.25) is 0 Å². The van der Waals surface area contributed by atoms with E-state index in [1.54, 1.807) is 0 Å². The molecule has 0 aromatic carbocycles. The van der Waals surface area contributed by atoms with Crippen LogP contribution in [0.15, 0.2) is 0 Å². The van der Waals surface area contributed by atoms with Gasteiger partial charge in [-0.3, -0.25) is 0 Å². The summed E-state index contributed by atoms with van der Waals surface area (Å²) in [5, 5.41) is 17.3. The summed E-state index contributed by atoms with van der Waals surface area (Å²) in [4.78, 5) is 10.2. The first-order valence-electron chi connectivity index (χ1n) is 5.05. The van der Waals surface area contributed by atoms with Gasteiger partial charge in [-0.25, -0.2) is 4.79 Å². The molecule has 0 heterocycles. The number of carboxylic acid groups (broad SMARTS) is 1. The van der Waals surface area contributed by atoms with Crippen LogP contribution < -0.4 is 0 Å². The van der Waals surface area contributed by atoms with Crippen molar-refractivity contribution in [3.63, 3.8) is 0 Å². The molecule has 0 bridgehead atoms. The zero-order chi connectivity index (χ0) is 11.5. The predicted octanol–water partition coefficient (Wildman–Crippen LogP) is 1.41. The lowest BCUT2D eigenvalue weighted by Crippen LogP contribution is -2.18. The van der Waals surface area contributed by atoms with Gasteiger partial charge in [0, 0.05) is 12.8 Å². The number of aliphatic carboxylic acids is 1. The van der Waals surface area contributed by atoms with Crippen LogP contribution in [0.1, 0.15) is 39.0 Å². The van der Waals surface area contributed by atoms with E-state index in [4.69, 9.17) is 10.2 Å². The Morgan fingerprint density at radius 1 is 1.27 bits per heavy atom. The van der Waals surface area contributed by atoms with Gasteiger partial charge in [-0.15, -0.1) is 0 Å². The van der Waals surface area contributed by atoms with Crippen molar-refractivity contribution >= 4 is 5.97 Å². The zero-order valence-electron chi connectivity index (χ0n) is 8.92. The molecule has 1 unspecified atom stereocenters. The van der Waals surface area contributed by atoms with Gasteiger partial charge >= 0.3 is 5.97 Å². The number of hydrogen-bond donors (Lipinski definition) is 2. The highest BCUT2D eigenvalue weighted by molar-refractivity contribution is 5.71. The average Bonchev–Trinajstić information content (AvgIpc) is 2.21. The number of aliphatic hydroxyl groups excluding tert-OH is 1. The molecule has 1 atom stereocenters. The average molecular weight is 208 g/mol. The molecule has 0 radical (unpaired) electrons. The summed E-state index contributed by atoms with van der Waals surface area (Å²) in [5.41, 5.74) is 0. The normalized spacial score (nSPS) is 10.5. The van der Waals surface area contributed by atoms with Gasteiger partial charge in [-0.1, -0.05) is 25.2 Å². The molecular weight excluding hydrogens is 192 g/mol. The van der Waals surface area contributed by atoms with E-state index in [1.807, 2.05) is 0 Å². The van der Waals surface area contributed by atoms with Crippen LogP contribution in [-0.2, 0) is 4.79 Å². The lowest BCUT2D eigenvalue weighted by Gasteiger charge is -1.99. The fourth-order valence-electron chi connectivity index (χ4n) is 0.811. The molecule has 0 amide bonds. The summed E-state index contributed by atoms with van der Waals surface area (Å²) >= 11 is 0. The number of aliphatic hydroxyl groups is 1. The highest BCUT2D eigenvalue weighted by Gasteiger charge is 2.10. The van der Waals surface area contributed by atoms with Crippen molar-refractivity contribution in [1.29, 1.82) is 0 Å². The fraction of sp³-hybridized carbons (Fsp3) is 0.583. The maximum atomic E-state index is 10.2. The minimum Gasteiger partial charge on any atom is -0.479 e. The summed E-state index contributed by atoms with van der Waals surface area (Å²) < 4.78 is 0.